The van der Waals surface area contributed by atoms with Crippen LogP contribution in [0.4, 0.5) is 17.6 Å². The van der Waals surface area contributed by atoms with Crippen molar-refractivity contribution in [3.63, 3.8) is 0 Å². The molecule has 0 bridgehead atoms. The van der Waals surface area contributed by atoms with Crippen LogP contribution in [0.25, 0.3) is 11.1 Å². The third kappa shape index (κ3) is 5.42. The van der Waals surface area contributed by atoms with Gasteiger partial charge in [-0.1, -0.05) is 11.6 Å². The number of aryl methyl sites for hydroxylation is 2. The van der Waals surface area contributed by atoms with Gasteiger partial charge in [-0.15, -0.1) is 10.9 Å². The summed E-state index contributed by atoms with van der Waals surface area (Å²) < 4.78 is 60.8. The molecular formula is C26H21ClF4N6O3S. The summed E-state index contributed by atoms with van der Waals surface area (Å²) in [7, 11) is -0.789. The zero-order valence-electron chi connectivity index (χ0n) is 21.7. The van der Waals surface area contributed by atoms with E-state index >= 15 is 0 Å². The molecule has 2 aliphatic rings. The quantitative estimate of drug-likeness (QED) is 0.223. The van der Waals surface area contributed by atoms with Crippen molar-refractivity contribution in [1.29, 1.82) is 0 Å². The summed E-state index contributed by atoms with van der Waals surface area (Å²) in [5.74, 6) is -1.57. The lowest BCUT2D eigenvalue weighted by Gasteiger charge is -2.21. The van der Waals surface area contributed by atoms with Crippen molar-refractivity contribution in [2.24, 2.45) is 4.99 Å². The number of amides is 1. The van der Waals surface area contributed by atoms with Gasteiger partial charge in [0.15, 0.2) is 16.7 Å². The molecule has 3 aromatic rings. The number of aromatic nitrogens is 3. The Labute approximate surface area is 238 Å². The number of carbonyl (C=O) groups excluding carboxylic acids is 2. The number of nitrogens with zero attached hydrogens (tertiary/aromatic N) is 4. The Kier molecular flexibility index (Phi) is 7.57. The normalized spacial score (nSPS) is 17.4. The molecule has 0 radical (unpaired) electrons. The number of nitrogens with one attached hydrogen (secondary N) is 2. The number of thiol groups is 1. The molecule has 2 aliphatic heterocycles. The first-order valence-corrected chi connectivity index (χ1v) is 13.7. The van der Waals surface area contributed by atoms with Crippen LogP contribution in [0.2, 0.25) is 5.15 Å². The van der Waals surface area contributed by atoms with E-state index in [1.807, 2.05) is 0 Å². The Morgan fingerprint density at radius 3 is 2.56 bits per heavy atom. The maximum Gasteiger partial charge on any atom is 0.433 e. The summed E-state index contributed by atoms with van der Waals surface area (Å²) in [5, 5.41) is 4.70. The first kappa shape index (κ1) is 28.6. The monoisotopic (exact) mass is 608 g/mol. The van der Waals surface area contributed by atoms with E-state index in [0.29, 0.717) is 39.2 Å². The van der Waals surface area contributed by atoms with E-state index in [0.717, 1.165) is 6.92 Å². The summed E-state index contributed by atoms with van der Waals surface area (Å²) in [5.41, 5.74) is -0.835. The van der Waals surface area contributed by atoms with E-state index in [2.05, 4.69) is 30.6 Å². The molecule has 0 aliphatic carbocycles. The number of aliphatic imine (C=N–C) groups is 1. The Hall–Kier alpha value is -3.88. The van der Waals surface area contributed by atoms with Gasteiger partial charge in [0.05, 0.1) is 24.6 Å². The van der Waals surface area contributed by atoms with Crippen LogP contribution in [0.15, 0.2) is 46.2 Å². The lowest BCUT2D eigenvalue weighted by atomic mass is 10.0. The van der Waals surface area contributed by atoms with Gasteiger partial charge in [-0.2, -0.15) is 13.2 Å². The van der Waals surface area contributed by atoms with Crippen LogP contribution in [0.3, 0.4) is 0 Å². The summed E-state index contributed by atoms with van der Waals surface area (Å²) in [6.45, 7) is 3.24. The maximum atomic E-state index is 14.9. The molecular weight excluding hydrogens is 588 g/mol. The van der Waals surface area contributed by atoms with Crippen molar-refractivity contribution in [2.45, 2.75) is 20.0 Å². The van der Waals surface area contributed by atoms with Gasteiger partial charge in [0, 0.05) is 41.0 Å². The summed E-state index contributed by atoms with van der Waals surface area (Å²) in [6.07, 6.45) is -2.17. The number of hydrogen-bond acceptors (Lipinski definition) is 8. The molecule has 1 unspecified atom stereocenters. The molecule has 5 rings (SSSR count). The van der Waals surface area contributed by atoms with E-state index < -0.39 is 50.9 Å². The number of ether oxygens (including phenoxy) is 1. The van der Waals surface area contributed by atoms with Crippen molar-refractivity contribution in [1.82, 2.24) is 25.6 Å². The predicted molar refractivity (Wildman–Crippen MR) is 146 cm³/mol. The first-order valence-electron chi connectivity index (χ1n) is 12.0. The van der Waals surface area contributed by atoms with Crippen molar-refractivity contribution in [3.8, 4) is 16.9 Å². The minimum Gasteiger partial charge on any atom is -0.494 e. The molecule has 0 aromatic carbocycles. The smallest absolute Gasteiger partial charge is 0.433 e. The molecule has 0 saturated heterocycles. The zero-order chi connectivity index (χ0) is 29.6. The van der Waals surface area contributed by atoms with Crippen molar-refractivity contribution in [3.05, 3.63) is 80.4 Å². The Balaban J connectivity index is 1.53. The third-order valence-electron chi connectivity index (χ3n) is 6.34. The molecule has 0 fully saturated rings. The highest BCUT2D eigenvalue weighted by molar-refractivity contribution is 8.44. The van der Waals surface area contributed by atoms with Gasteiger partial charge in [0.1, 0.15) is 16.6 Å². The average molecular weight is 609 g/mol. The highest BCUT2D eigenvalue weighted by atomic mass is 35.5. The standard InChI is InChI=1S/C26H21ClF4N6O3S/c1-11-4-16(28)21(36-22(11)26(29,30)31)24(39)41-19-10-32-8-17(19)35-25(41)37-23(38)15-7-33-12(2)5-13(15)14-6-20(27)34-9-18(14)40-3/h4-7,9,32,41H,8,10H2,1-3H3,(H,35,37,38). The van der Waals surface area contributed by atoms with Gasteiger partial charge in [-0.25, -0.2) is 19.4 Å². The lowest BCUT2D eigenvalue weighted by molar-refractivity contribution is -0.141. The number of pyridine rings is 3. The molecule has 15 heteroatoms. The SMILES string of the molecule is COc1cnc(Cl)cc1-c1cc(C)ncc1C(=O)NC1=NC2=C(CNC2)[SH]1C(=O)c1nc(C(F)(F)F)c(C)cc1F. The predicted octanol–water partition coefficient (Wildman–Crippen LogP) is 4.73. The van der Waals surface area contributed by atoms with Crippen LogP contribution in [-0.4, -0.2) is 51.3 Å². The first-order chi connectivity index (χ1) is 19.4. The minimum atomic E-state index is -4.90. The van der Waals surface area contributed by atoms with Crippen molar-refractivity contribution >= 4 is 38.7 Å². The van der Waals surface area contributed by atoms with Crippen LogP contribution >= 0.6 is 22.5 Å². The van der Waals surface area contributed by atoms with Crippen LogP contribution in [0, 0.1) is 19.7 Å². The highest BCUT2D eigenvalue weighted by Gasteiger charge is 2.40. The van der Waals surface area contributed by atoms with E-state index in [1.165, 1.54) is 25.6 Å². The van der Waals surface area contributed by atoms with E-state index in [1.54, 1.807) is 13.0 Å². The van der Waals surface area contributed by atoms with Crippen molar-refractivity contribution < 1.29 is 31.9 Å². The van der Waals surface area contributed by atoms with Crippen LogP contribution in [0.1, 0.15) is 37.8 Å². The number of methoxy groups -OCH3 is 1. The summed E-state index contributed by atoms with van der Waals surface area (Å²) in [4.78, 5) is 43.7. The fourth-order valence-corrected chi connectivity index (χ4v) is 6.78. The molecule has 5 heterocycles. The molecule has 0 spiro atoms. The Bertz CT molecular complexity index is 1680. The molecule has 41 heavy (non-hydrogen) atoms. The molecule has 214 valence electrons. The third-order valence-corrected chi connectivity index (χ3v) is 8.75. The topological polar surface area (TPSA) is 118 Å². The fourth-order valence-electron chi connectivity index (χ4n) is 4.47. The second-order valence-electron chi connectivity index (χ2n) is 9.09. The zero-order valence-corrected chi connectivity index (χ0v) is 23.3. The minimum absolute atomic E-state index is 0.0745. The number of hydrogen-bond donors (Lipinski definition) is 3. The van der Waals surface area contributed by atoms with E-state index in [-0.39, 0.29) is 29.0 Å². The van der Waals surface area contributed by atoms with Gasteiger partial charge in [-0.3, -0.25) is 14.6 Å². The van der Waals surface area contributed by atoms with Gasteiger partial charge in [0.2, 0.25) is 5.12 Å². The maximum absolute atomic E-state index is 14.9. The molecule has 0 saturated carbocycles. The van der Waals surface area contributed by atoms with Gasteiger partial charge in [-0.05, 0) is 37.6 Å². The number of carbonyl (C=O) groups is 2. The second kappa shape index (κ2) is 10.8. The van der Waals surface area contributed by atoms with E-state index in [9.17, 15) is 27.2 Å². The Morgan fingerprint density at radius 2 is 1.85 bits per heavy atom. The number of rotatable bonds is 4. The second-order valence-corrected chi connectivity index (χ2v) is 11.5. The highest BCUT2D eigenvalue weighted by Crippen LogP contribution is 2.48. The van der Waals surface area contributed by atoms with Crippen LogP contribution in [-0.2, 0) is 6.18 Å². The summed E-state index contributed by atoms with van der Waals surface area (Å²) >= 11 is 6.11. The van der Waals surface area contributed by atoms with Crippen molar-refractivity contribution in [2.75, 3.05) is 20.2 Å². The van der Waals surface area contributed by atoms with Gasteiger partial charge in [0.25, 0.3) is 5.91 Å². The number of halogens is 5. The largest absolute Gasteiger partial charge is 0.494 e. The molecule has 3 aromatic heterocycles. The lowest BCUT2D eigenvalue weighted by Crippen LogP contribution is -2.33. The molecule has 2 N–H and O–H groups in total. The van der Waals surface area contributed by atoms with Crippen LogP contribution < -0.4 is 15.4 Å². The average Bonchev–Trinajstić information content (AvgIpc) is 3.48. The molecule has 1 amide bonds. The molecule has 1 atom stereocenters. The molecule has 9 nitrogen and oxygen atoms in total. The fraction of sp³-hybridized carbons (Fsp3) is 0.231. The van der Waals surface area contributed by atoms with Crippen LogP contribution in [0.5, 0.6) is 5.75 Å². The van der Waals surface area contributed by atoms with E-state index in [4.69, 9.17) is 16.3 Å². The Morgan fingerprint density at radius 1 is 1.10 bits per heavy atom. The number of alkyl halides is 3. The van der Waals surface area contributed by atoms with Gasteiger partial charge >= 0.3 is 6.18 Å². The van der Waals surface area contributed by atoms with Gasteiger partial charge < -0.3 is 15.4 Å². The number of amidine groups is 1. The summed E-state index contributed by atoms with van der Waals surface area (Å²) in [6, 6.07) is 3.78.